The Labute approximate surface area is 102 Å². The Balaban J connectivity index is 2.37. The maximum absolute atomic E-state index is 10.8. The van der Waals surface area contributed by atoms with Gasteiger partial charge in [-0.2, -0.15) is 0 Å². The molecule has 2 aromatic rings. The van der Waals surface area contributed by atoms with Gasteiger partial charge in [-0.3, -0.25) is 0 Å². The first-order valence-corrected chi connectivity index (χ1v) is 6.14. The van der Waals surface area contributed by atoms with Gasteiger partial charge in [0.25, 0.3) is 0 Å². The van der Waals surface area contributed by atoms with Crippen molar-refractivity contribution in [2.45, 2.75) is 18.1 Å². The van der Waals surface area contributed by atoms with E-state index in [0.717, 1.165) is 16.5 Å². The Kier molecular flexibility index (Phi) is 3.06. The van der Waals surface area contributed by atoms with Crippen molar-refractivity contribution in [3.05, 3.63) is 35.5 Å². The molecular weight excluding hydrogens is 265 g/mol. The fraction of sp³-hybridized carbons (Fsp3) is 0.250. The first-order valence-electron chi connectivity index (χ1n) is 5.05. The molecule has 16 heavy (non-hydrogen) atoms. The van der Waals surface area contributed by atoms with Gasteiger partial charge in [0.2, 0.25) is 0 Å². The van der Waals surface area contributed by atoms with E-state index in [1.54, 1.807) is 0 Å². The van der Waals surface area contributed by atoms with Crippen LogP contribution in [0.2, 0.25) is 4.71 Å². The monoisotopic (exact) mass is 277 g/mol. The SMILES string of the molecule is Cc1ccc2[nH]cc(CC([As])C(=O)O)c2c1. The van der Waals surface area contributed by atoms with E-state index < -0.39 is 10.7 Å². The Morgan fingerprint density at radius 1 is 1.56 bits per heavy atom. The number of hydrogen-bond acceptors (Lipinski definition) is 1. The van der Waals surface area contributed by atoms with Crippen molar-refractivity contribution < 1.29 is 9.90 Å². The first-order chi connectivity index (χ1) is 7.58. The second kappa shape index (κ2) is 4.34. The number of hydrogen-bond donors (Lipinski definition) is 2. The Morgan fingerprint density at radius 2 is 2.31 bits per heavy atom. The van der Waals surface area contributed by atoms with Crippen molar-refractivity contribution in [3.8, 4) is 0 Å². The summed E-state index contributed by atoms with van der Waals surface area (Å²) in [6.07, 6.45) is 2.44. The summed E-state index contributed by atoms with van der Waals surface area (Å²) in [7, 11) is 0. The molecule has 2 N–H and O–H groups in total. The molecule has 0 saturated carbocycles. The van der Waals surface area contributed by atoms with Crippen molar-refractivity contribution in [2.75, 3.05) is 0 Å². The summed E-state index contributed by atoms with van der Waals surface area (Å²) >= 11 is 2.21. The molecule has 1 atom stereocenters. The number of aliphatic carboxylic acids is 1. The predicted molar refractivity (Wildman–Crippen MR) is 63.9 cm³/mol. The van der Waals surface area contributed by atoms with E-state index in [0.29, 0.717) is 6.42 Å². The molecule has 1 aromatic carbocycles. The molecule has 0 aliphatic rings. The van der Waals surface area contributed by atoms with Gasteiger partial charge >= 0.3 is 102 Å². The third-order valence-corrected chi connectivity index (χ3v) is 3.47. The van der Waals surface area contributed by atoms with Crippen molar-refractivity contribution in [2.24, 2.45) is 0 Å². The zero-order valence-corrected chi connectivity index (χ0v) is 10.8. The Hall–Kier alpha value is -1.21. The number of aromatic amines is 1. The number of benzene rings is 1. The first kappa shape index (κ1) is 11.3. The van der Waals surface area contributed by atoms with Crippen molar-refractivity contribution >= 4 is 33.7 Å². The van der Waals surface area contributed by atoms with Crippen LogP contribution < -0.4 is 0 Å². The quantitative estimate of drug-likeness (QED) is 0.844. The van der Waals surface area contributed by atoms with Crippen LogP contribution in [0, 0.1) is 6.92 Å². The van der Waals surface area contributed by atoms with Crippen LogP contribution in [0.4, 0.5) is 0 Å². The molecule has 0 spiro atoms. The third kappa shape index (κ3) is 2.14. The van der Waals surface area contributed by atoms with Gasteiger partial charge < -0.3 is 0 Å². The molecule has 0 bridgehead atoms. The average molecular weight is 277 g/mol. The topological polar surface area (TPSA) is 53.1 Å². The third-order valence-electron chi connectivity index (χ3n) is 2.62. The van der Waals surface area contributed by atoms with E-state index in [1.807, 2.05) is 25.3 Å². The molecule has 0 aliphatic carbocycles. The van der Waals surface area contributed by atoms with E-state index in [4.69, 9.17) is 5.11 Å². The normalized spacial score (nSPS) is 12.9. The fourth-order valence-electron chi connectivity index (χ4n) is 1.76. The van der Waals surface area contributed by atoms with E-state index >= 15 is 0 Å². The number of carbonyl (C=O) groups is 1. The van der Waals surface area contributed by atoms with Gasteiger partial charge in [0.15, 0.2) is 0 Å². The predicted octanol–water partition coefficient (Wildman–Crippen LogP) is 2.06. The van der Waals surface area contributed by atoms with Gasteiger partial charge in [0.1, 0.15) is 0 Å². The number of fused-ring (bicyclic) bond motifs is 1. The van der Waals surface area contributed by atoms with Crippen LogP contribution in [-0.2, 0) is 11.2 Å². The second-order valence-electron chi connectivity index (χ2n) is 3.92. The molecule has 1 aromatic heterocycles. The van der Waals surface area contributed by atoms with Crippen LogP contribution in [0.3, 0.4) is 0 Å². The van der Waals surface area contributed by atoms with Crippen molar-refractivity contribution in [1.82, 2.24) is 4.98 Å². The Morgan fingerprint density at radius 3 is 3.00 bits per heavy atom. The summed E-state index contributed by atoms with van der Waals surface area (Å²) in [5.41, 5.74) is 3.31. The van der Waals surface area contributed by atoms with E-state index in [2.05, 4.69) is 27.9 Å². The van der Waals surface area contributed by atoms with Gasteiger partial charge in [-0.1, -0.05) is 0 Å². The number of nitrogens with one attached hydrogen (secondary N) is 1. The molecule has 4 heteroatoms. The molecular formula is C12H12AsNO2. The van der Waals surface area contributed by atoms with Crippen molar-refractivity contribution in [1.29, 1.82) is 0 Å². The maximum atomic E-state index is 10.8. The van der Waals surface area contributed by atoms with Crippen molar-refractivity contribution in [3.63, 3.8) is 0 Å². The molecule has 1 heterocycles. The average Bonchev–Trinajstić information content (AvgIpc) is 2.61. The Bertz CT molecular complexity index is 533. The van der Waals surface area contributed by atoms with Crippen LogP contribution in [-0.4, -0.2) is 32.9 Å². The van der Waals surface area contributed by atoms with Crippen LogP contribution >= 0.6 is 0 Å². The van der Waals surface area contributed by atoms with Gasteiger partial charge in [0, 0.05) is 0 Å². The molecule has 3 nitrogen and oxygen atoms in total. The minimum absolute atomic E-state index is 0.410. The number of H-pyrrole nitrogens is 1. The van der Waals surface area contributed by atoms with E-state index in [9.17, 15) is 4.79 Å². The summed E-state index contributed by atoms with van der Waals surface area (Å²) in [4.78, 5) is 14.0. The number of carboxylic acid groups (broad SMARTS) is 1. The van der Waals surface area contributed by atoms with Crippen LogP contribution in [0.5, 0.6) is 0 Å². The number of aromatic nitrogens is 1. The van der Waals surface area contributed by atoms with Gasteiger partial charge in [0.05, 0.1) is 0 Å². The number of rotatable bonds is 3. The molecule has 0 fully saturated rings. The minimum atomic E-state index is -0.776. The molecule has 0 aliphatic heterocycles. The summed E-state index contributed by atoms with van der Waals surface area (Å²) in [6.45, 7) is 2.03. The van der Waals surface area contributed by atoms with Gasteiger partial charge in [-0.25, -0.2) is 0 Å². The summed E-state index contributed by atoms with van der Waals surface area (Å²) in [5.74, 6) is -0.776. The fourth-order valence-corrected chi connectivity index (χ4v) is 2.17. The summed E-state index contributed by atoms with van der Waals surface area (Å²) in [6, 6.07) is 6.15. The van der Waals surface area contributed by atoms with Crippen LogP contribution in [0.15, 0.2) is 24.4 Å². The standard InChI is InChI=1S/C12H12AsNO2/c1-7-2-3-11-9(4-7)8(6-14-11)5-10(13)12(15)16/h2-4,6,10,14H,5H2,1H3,(H,15,16). The molecule has 1 unspecified atom stereocenters. The van der Waals surface area contributed by atoms with Crippen LogP contribution in [0.25, 0.3) is 10.9 Å². The molecule has 0 amide bonds. The summed E-state index contributed by atoms with van der Waals surface area (Å²) < 4.78 is -0.410. The zero-order chi connectivity index (χ0) is 11.7. The second-order valence-corrected chi connectivity index (χ2v) is 5.23. The van der Waals surface area contributed by atoms with Gasteiger partial charge in [-0.05, 0) is 0 Å². The molecule has 2 radical (unpaired) electrons. The molecule has 0 saturated heterocycles. The molecule has 82 valence electrons. The summed E-state index contributed by atoms with van der Waals surface area (Å²) in [5, 5.41) is 10.0. The van der Waals surface area contributed by atoms with Gasteiger partial charge in [-0.15, -0.1) is 0 Å². The van der Waals surface area contributed by atoms with E-state index in [-0.39, 0.29) is 0 Å². The van der Waals surface area contributed by atoms with Crippen LogP contribution in [0.1, 0.15) is 11.1 Å². The number of carboxylic acids is 1. The number of aryl methyl sites for hydroxylation is 1. The molecule has 2 rings (SSSR count). The van der Waals surface area contributed by atoms with E-state index in [1.165, 1.54) is 5.56 Å². The zero-order valence-electron chi connectivity index (χ0n) is 8.90.